The van der Waals surface area contributed by atoms with Gasteiger partial charge >= 0.3 is 0 Å². The molecule has 0 fully saturated rings. The van der Waals surface area contributed by atoms with Gasteiger partial charge < -0.3 is 0 Å². The molecular weight excluding hydrogens is 316 g/mol. The minimum atomic E-state index is -0.791. The molecule has 1 heterocycles. The van der Waals surface area contributed by atoms with Gasteiger partial charge in [0.15, 0.2) is 0 Å². The van der Waals surface area contributed by atoms with Crippen LogP contribution in [0.4, 0.5) is 8.78 Å². The first-order chi connectivity index (χ1) is 9.02. The molecule has 0 radical (unpaired) electrons. The maximum atomic E-state index is 13.9. The van der Waals surface area contributed by atoms with Gasteiger partial charge in [0, 0.05) is 21.9 Å². The van der Waals surface area contributed by atoms with Crippen LogP contribution in [0, 0.1) is 18.6 Å². The van der Waals surface area contributed by atoms with Crippen molar-refractivity contribution in [2.24, 2.45) is 5.84 Å². The standard InChI is InChI=1S/C13H12BrF2N3/c1-7-2-3-8(6-18-7)13(19-17)12-10(15)4-9(14)5-11(12)16/h2-6,13,19H,17H2,1H3. The summed E-state index contributed by atoms with van der Waals surface area (Å²) in [6.45, 7) is 1.83. The topological polar surface area (TPSA) is 50.9 Å². The normalized spacial score (nSPS) is 12.5. The van der Waals surface area contributed by atoms with Crippen molar-refractivity contribution >= 4 is 15.9 Å². The Hall–Kier alpha value is -1.37. The molecule has 1 aromatic carbocycles. The second-order valence-corrected chi connectivity index (χ2v) is 5.03. The summed E-state index contributed by atoms with van der Waals surface area (Å²) < 4.78 is 28.2. The average Bonchev–Trinajstić information content (AvgIpc) is 2.35. The van der Waals surface area contributed by atoms with Crippen LogP contribution in [0.15, 0.2) is 34.9 Å². The zero-order valence-electron chi connectivity index (χ0n) is 10.1. The van der Waals surface area contributed by atoms with Crippen LogP contribution in [0.2, 0.25) is 0 Å². The molecule has 1 aromatic heterocycles. The highest BCUT2D eigenvalue weighted by Gasteiger charge is 2.21. The Labute approximate surface area is 117 Å². The van der Waals surface area contributed by atoms with E-state index in [4.69, 9.17) is 5.84 Å². The van der Waals surface area contributed by atoms with Crippen LogP contribution < -0.4 is 11.3 Å². The Balaban J connectivity index is 2.51. The Bertz CT molecular complexity index is 564. The minimum absolute atomic E-state index is 0.128. The number of hydrogen-bond donors (Lipinski definition) is 2. The van der Waals surface area contributed by atoms with Gasteiger partial charge in [-0.3, -0.25) is 10.8 Å². The fourth-order valence-corrected chi connectivity index (χ4v) is 2.23. The Kier molecular flexibility index (Phi) is 4.24. The largest absolute Gasteiger partial charge is 0.271 e. The maximum Gasteiger partial charge on any atom is 0.132 e. The molecule has 3 N–H and O–H groups in total. The number of halogens is 3. The van der Waals surface area contributed by atoms with E-state index < -0.39 is 17.7 Å². The van der Waals surface area contributed by atoms with E-state index in [0.29, 0.717) is 10.0 Å². The molecule has 100 valence electrons. The van der Waals surface area contributed by atoms with E-state index in [2.05, 4.69) is 26.3 Å². The van der Waals surface area contributed by atoms with E-state index in [1.807, 2.05) is 6.92 Å². The lowest BCUT2D eigenvalue weighted by Gasteiger charge is -2.18. The van der Waals surface area contributed by atoms with Gasteiger partial charge in [0.1, 0.15) is 11.6 Å². The molecular formula is C13H12BrF2N3. The van der Waals surface area contributed by atoms with Crippen LogP contribution >= 0.6 is 15.9 Å². The molecule has 0 bridgehead atoms. The zero-order valence-corrected chi connectivity index (χ0v) is 11.7. The monoisotopic (exact) mass is 327 g/mol. The highest BCUT2D eigenvalue weighted by Crippen LogP contribution is 2.28. The lowest BCUT2D eigenvalue weighted by Crippen LogP contribution is -2.30. The van der Waals surface area contributed by atoms with Crippen molar-refractivity contribution in [2.45, 2.75) is 13.0 Å². The summed E-state index contributed by atoms with van der Waals surface area (Å²) in [7, 11) is 0. The summed E-state index contributed by atoms with van der Waals surface area (Å²) in [5.41, 5.74) is 3.70. The average molecular weight is 328 g/mol. The third-order valence-electron chi connectivity index (χ3n) is 2.77. The molecule has 19 heavy (non-hydrogen) atoms. The molecule has 0 aliphatic heterocycles. The highest BCUT2D eigenvalue weighted by atomic mass is 79.9. The third kappa shape index (κ3) is 2.97. The first-order valence-electron chi connectivity index (χ1n) is 5.56. The van der Waals surface area contributed by atoms with E-state index in [0.717, 1.165) is 5.69 Å². The quantitative estimate of drug-likeness (QED) is 0.673. The molecule has 1 unspecified atom stereocenters. The SMILES string of the molecule is Cc1ccc(C(NN)c2c(F)cc(Br)cc2F)cn1. The molecule has 2 aromatic rings. The van der Waals surface area contributed by atoms with Crippen LogP contribution in [0.5, 0.6) is 0 Å². The Morgan fingerprint density at radius 2 is 1.89 bits per heavy atom. The number of hydrogen-bond acceptors (Lipinski definition) is 3. The Morgan fingerprint density at radius 3 is 2.37 bits per heavy atom. The van der Waals surface area contributed by atoms with Crippen LogP contribution in [0.1, 0.15) is 22.9 Å². The number of nitrogens with zero attached hydrogens (tertiary/aromatic N) is 1. The molecule has 1 atom stereocenters. The highest BCUT2D eigenvalue weighted by molar-refractivity contribution is 9.10. The zero-order chi connectivity index (χ0) is 14.0. The maximum absolute atomic E-state index is 13.9. The number of pyridine rings is 1. The molecule has 3 nitrogen and oxygen atoms in total. The lowest BCUT2D eigenvalue weighted by atomic mass is 9.99. The summed E-state index contributed by atoms with van der Waals surface area (Å²) in [6, 6.07) is 5.10. The van der Waals surface area contributed by atoms with Crippen molar-refractivity contribution in [3.05, 3.63) is 63.4 Å². The van der Waals surface area contributed by atoms with Gasteiger partial charge in [0.05, 0.1) is 6.04 Å². The molecule has 2 rings (SSSR count). The predicted molar refractivity (Wildman–Crippen MR) is 72.2 cm³/mol. The molecule has 0 spiro atoms. The molecule has 0 aliphatic carbocycles. The molecule has 0 saturated carbocycles. The van der Waals surface area contributed by atoms with Gasteiger partial charge in [-0.15, -0.1) is 0 Å². The van der Waals surface area contributed by atoms with Crippen molar-refractivity contribution in [1.82, 2.24) is 10.4 Å². The first kappa shape index (κ1) is 14.0. The van der Waals surface area contributed by atoms with Crippen LogP contribution in [-0.4, -0.2) is 4.98 Å². The number of aromatic nitrogens is 1. The van der Waals surface area contributed by atoms with E-state index in [1.165, 1.54) is 12.1 Å². The van der Waals surface area contributed by atoms with Gasteiger partial charge in [0.25, 0.3) is 0 Å². The summed E-state index contributed by atoms with van der Waals surface area (Å²) >= 11 is 3.04. The second kappa shape index (κ2) is 5.73. The predicted octanol–water partition coefficient (Wildman–Crippen LogP) is 2.98. The van der Waals surface area contributed by atoms with Crippen molar-refractivity contribution < 1.29 is 8.78 Å². The third-order valence-corrected chi connectivity index (χ3v) is 3.22. The van der Waals surface area contributed by atoms with E-state index in [-0.39, 0.29) is 5.56 Å². The Morgan fingerprint density at radius 1 is 1.26 bits per heavy atom. The fourth-order valence-electron chi connectivity index (χ4n) is 1.83. The van der Waals surface area contributed by atoms with Crippen LogP contribution in [0.3, 0.4) is 0 Å². The van der Waals surface area contributed by atoms with Crippen LogP contribution in [-0.2, 0) is 0 Å². The minimum Gasteiger partial charge on any atom is -0.271 e. The number of nitrogens with two attached hydrogens (primary N) is 1. The van der Waals surface area contributed by atoms with Gasteiger partial charge in [-0.2, -0.15) is 0 Å². The molecule has 0 aliphatic rings. The first-order valence-corrected chi connectivity index (χ1v) is 6.35. The van der Waals surface area contributed by atoms with Gasteiger partial charge in [-0.05, 0) is 30.7 Å². The smallest absolute Gasteiger partial charge is 0.132 e. The van der Waals surface area contributed by atoms with E-state index in [1.54, 1.807) is 18.3 Å². The number of rotatable bonds is 3. The number of benzene rings is 1. The van der Waals surface area contributed by atoms with Gasteiger partial charge in [-0.1, -0.05) is 22.0 Å². The molecule has 0 amide bonds. The van der Waals surface area contributed by atoms with Crippen molar-refractivity contribution in [3.8, 4) is 0 Å². The molecule has 0 saturated heterocycles. The number of hydrazine groups is 1. The second-order valence-electron chi connectivity index (χ2n) is 4.12. The summed E-state index contributed by atoms with van der Waals surface area (Å²) in [6.07, 6.45) is 1.54. The summed E-state index contributed by atoms with van der Waals surface area (Å²) in [5.74, 6) is 4.09. The van der Waals surface area contributed by atoms with E-state index >= 15 is 0 Å². The van der Waals surface area contributed by atoms with Crippen molar-refractivity contribution in [3.63, 3.8) is 0 Å². The summed E-state index contributed by atoms with van der Waals surface area (Å²) in [5, 5.41) is 0. The van der Waals surface area contributed by atoms with Gasteiger partial charge in [0.2, 0.25) is 0 Å². The lowest BCUT2D eigenvalue weighted by molar-refractivity contribution is 0.509. The number of nitrogens with one attached hydrogen (secondary N) is 1. The van der Waals surface area contributed by atoms with Gasteiger partial charge in [-0.25, -0.2) is 14.2 Å². The van der Waals surface area contributed by atoms with Crippen molar-refractivity contribution in [2.75, 3.05) is 0 Å². The van der Waals surface area contributed by atoms with E-state index in [9.17, 15) is 8.78 Å². The number of aryl methyl sites for hydroxylation is 1. The summed E-state index contributed by atoms with van der Waals surface area (Å²) in [4.78, 5) is 4.10. The fraction of sp³-hybridized carbons (Fsp3) is 0.154. The van der Waals surface area contributed by atoms with Crippen molar-refractivity contribution in [1.29, 1.82) is 0 Å². The van der Waals surface area contributed by atoms with Crippen LogP contribution in [0.25, 0.3) is 0 Å². The molecule has 6 heteroatoms.